The molecule has 0 spiro atoms. The second-order valence-electron chi connectivity index (χ2n) is 4.40. The van der Waals surface area contributed by atoms with E-state index >= 15 is 0 Å². The standard InChI is InChI=1S/C10H19Si/c1-3-11(4-2)8-9-5-6-10(11)7-9/h9H,3-8H2,1-2H3/q+1. The van der Waals surface area contributed by atoms with Crippen LogP contribution in [0.3, 0.4) is 0 Å². The van der Waals surface area contributed by atoms with Crippen molar-refractivity contribution in [3.63, 3.8) is 0 Å². The molecule has 2 aliphatic rings. The minimum atomic E-state index is -0.743. The van der Waals surface area contributed by atoms with Crippen LogP contribution in [0.1, 0.15) is 33.1 Å². The van der Waals surface area contributed by atoms with Gasteiger partial charge in [0.2, 0.25) is 0 Å². The molecule has 2 bridgehead atoms. The SMILES string of the molecule is CC[Si]1(CC)CC2CC[C+]1C2. The van der Waals surface area contributed by atoms with E-state index in [9.17, 15) is 0 Å². The van der Waals surface area contributed by atoms with Crippen LogP contribution in [0.5, 0.6) is 0 Å². The number of hydrogen-bond donors (Lipinski definition) is 0. The molecule has 1 heteroatoms. The van der Waals surface area contributed by atoms with Crippen LogP contribution in [0.15, 0.2) is 0 Å². The molecule has 1 aliphatic heterocycles. The molecule has 11 heavy (non-hydrogen) atoms. The zero-order valence-corrected chi connectivity index (χ0v) is 8.82. The third kappa shape index (κ3) is 0.969. The first-order valence-corrected chi connectivity index (χ1v) is 7.78. The first-order chi connectivity index (χ1) is 5.30. The topological polar surface area (TPSA) is 0 Å². The van der Waals surface area contributed by atoms with E-state index in [1.165, 1.54) is 18.5 Å². The van der Waals surface area contributed by atoms with Gasteiger partial charge in [-0.15, -0.1) is 0 Å². The lowest BCUT2D eigenvalue weighted by Crippen LogP contribution is -2.37. The van der Waals surface area contributed by atoms with E-state index in [0.29, 0.717) is 0 Å². The fourth-order valence-electron chi connectivity index (χ4n) is 3.32. The molecule has 0 nitrogen and oxygen atoms in total. The molecular formula is C10H19Si+. The van der Waals surface area contributed by atoms with Gasteiger partial charge in [-0.05, 0) is 24.6 Å². The van der Waals surface area contributed by atoms with Crippen molar-refractivity contribution in [2.75, 3.05) is 0 Å². The average Bonchev–Trinajstić information content (AvgIpc) is 2.62. The summed E-state index contributed by atoms with van der Waals surface area (Å²) in [5.74, 6) is 1.15. The summed E-state index contributed by atoms with van der Waals surface area (Å²) in [5.41, 5.74) is 2.06. The van der Waals surface area contributed by atoms with Crippen LogP contribution in [0.25, 0.3) is 0 Å². The zero-order valence-electron chi connectivity index (χ0n) is 7.82. The van der Waals surface area contributed by atoms with Crippen molar-refractivity contribution in [1.82, 2.24) is 0 Å². The van der Waals surface area contributed by atoms with Crippen LogP contribution in [-0.2, 0) is 0 Å². The minimum absolute atomic E-state index is 0.743. The van der Waals surface area contributed by atoms with Crippen LogP contribution < -0.4 is 0 Å². The van der Waals surface area contributed by atoms with Gasteiger partial charge in [-0.1, -0.05) is 13.8 Å². The Balaban J connectivity index is 2.14. The van der Waals surface area contributed by atoms with E-state index in [1.54, 1.807) is 18.9 Å². The highest BCUT2D eigenvalue weighted by Crippen LogP contribution is 2.54. The Hall–Kier alpha value is 0.0869. The first kappa shape index (κ1) is 7.72. The lowest BCUT2D eigenvalue weighted by Gasteiger charge is -2.22. The van der Waals surface area contributed by atoms with Gasteiger partial charge in [0.05, 0.1) is 12.8 Å². The van der Waals surface area contributed by atoms with Gasteiger partial charge >= 0.3 is 0 Å². The third-order valence-electron chi connectivity index (χ3n) is 4.17. The van der Waals surface area contributed by atoms with Crippen molar-refractivity contribution >= 4 is 8.07 Å². The first-order valence-electron chi connectivity index (χ1n) is 5.16. The molecule has 1 atom stereocenters. The van der Waals surface area contributed by atoms with E-state index in [2.05, 4.69) is 19.4 Å². The van der Waals surface area contributed by atoms with Crippen molar-refractivity contribution in [2.24, 2.45) is 5.92 Å². The summed E-state index contributed by atoms with van der Waals surface area (Å²) >= 11 is 0. The van der Waals surface area contributed by atoms with Gasteiger partial charge in [0.1, 0.15) is 0 Å². The Morgan fingerprint density at radius 1 is 1.36 bits per heavy atom. The monoisotopic (exact) mass is 167 g/mol. The number of rotatable bonds is 2. The molecule has 0 aromatic rings. The molecule has 0 aromatic heterocycles. The van der Waals surface area contributed by atoms with Crippen LogP contribution in [0, 0.1) is 11.5 Å². The predicted molar refractivity (Wildman–Crippen MR) is 52.1 cm³/mol. The Labute approximate surface area is 71.4 Å². The van der Waals surface area contributed by atoms with E-state index in [0.717, 1.165) is 5.92 Å². The van der Waals surface area contributed by atoms with Gasteiger partial charge in [-0.2, -0.15) is 0 Å². The molecule has 0 amide bonds. The van der Waals surface area contributed by atoms with Crippen molar-refractivity contribution in [2.45, 2.75) is 51.2 Å². The third-order valence-corrected chi connectivity index (χ3v) is 10.2. The highest BCUT2D eigenvalue weighted by atomic mass is 28.3. The molecule has 2 fully saturated rings. The lowest BCUT2D eigenvalue weighted by molar-refractivity contribution is 0.617. The fourth-order valence-corrected chi connectivity index (χ4v) is 8.54. The molecule has 2 rings (SSSR count). The van der Waals surface area contributed by atoms with Crippen LogP contribution in [0.4, 0.5) is 0 Å². The molecule has 1 unspecified atom stereocenters. The molecular weight excluding hydrogens is 148 g/mol. The molecule has 1 aliphatic carbocycles. The van der Waals surface area contributed by atoms with E-state index in [-0.39, 0.29) is 0 Å². The maximum Gasteiger partial charge on any atom is 0.270 e. The second-order valence-corrected chi connectivity index (χ2v) is 9.49. The Morgan fingerprint density at radius 3 is 2.36 bits per heavy atom. The van der Waals surface area contributed by atoms with Gasteiger partial charge in [0.25, 0.3) is 8.07 Å². The quantitative estimate of drug-likeness (QED) is 0.437. The summed E-state index contributed by atoms with van der Waals surface area (Å²) in [7, 11) is -0.743. The van der Waals surface area contributed by atoms with Crippen molar-refractivity contribution < 1.29 is 0 Å². The largest absolute Gasteiger partial charge is 0.270 e. The highest BCUT2D eigenvalue weighted by Gasteiger charge is 2.60. The molecule has 62 valence electrons. The smallest absolute Gasteiger partial charge is 0.0638 e. The van der Waals surface area contributed by atoms with Gasteiger partial charge in [0.15, 0.2) is 0 Å². The average molecular weight is 167 g/mol. The maximum absolute atomic E-state index is 2.43. The fraction of sp³-hybridized carbons (Fsp3) is 0.900. The maximum atomic E-state index is 2.43. The molecule has 0 N–H and O–H groups in total. The van der Waals surface area contributed by atoms with Gasteiger partial charge in [-0.25, -0.2) is 0 Å². The second kappa shape index (κ2) is 2.55. The lowest BCUT2D eigenvalue weighted by atomic mass is 10.1. The Kier molecular flexibility index (Phi) is 1.79. The predicted octanol–water partition coefficient (Wildman–Crippen LogP) is 3.40. The zero-order chi connectivity index (χ0) is 7.90. The minimum Gasteiger partial charge on any atom is -0.0638 e. The summed E-state index contributed by atoms with van der Waals surface area (Å²) in [6.45, 7) is 4.87. The van der Waals surface area contributed by atoms with Crippen molar-refractivity contribution in [3.05, 3.63) is 5.54 Å². The van der Waals surface area contributed by atoms with Gasteiger partial charge < -0.3 is 0 Å². The van der Waals surface area contributed by atoms with Crippen molar-refractivity contribution in [1.29, 1.82) is 0 Å². The van der Waals surface area contributed by atoms with Gasteiger partial charge in [-0.3, -0.25) is 0 Å². The summed E-state index contributed by atoms with van der Waals surface area (Å²) in [5, 5.41) is 0. The van der Waals surface area contributed by atoms with E-state index in [4.69, 9.17) is 0 Å². The summed E-state index contributed by atoms with van der Waals surface area (Å²) in [6.07, 6.45) is 4.62. The molecule has 1 saturated carbocycles. The Morgan fingerprint density at radius 2 is 2.09 bits per heavy atom. The highest BCUT2D eigenvalue weighted by molar-refractivity contribution is 6.85. The van der Waals surface area contributed by atoms with Gasteiger partial charge in [0, 0.05) is 11.5 Å². The summed E-state index contributed by atoms with van der Waals surface area (Å²) in [6, 6.07) is 4.74. The summed E-state index contributed by atoms with van der Waals surface area (Å²) < 4.78 is 0. The molecule has 0 aromatic carbocycles. The molecule has 0 radical (unpaired) electrons. The molecule has 1 heterocycles. The molecule has 1 saturated heterocycles. The van der Waals surface area contributed by atoms with Crippen LogP contribution in [0.2, 0.25) is 18.1 Å². The van der Waals surface area contributed by atoms with E-state index in [1.807, 2.05) is 0 Å². The normalized spacial score (nSPS) is 33.3. The van der Waals surface area contributed by atoms with Crippen LogP contribution in [-0.4, -0.2) is 8.07 Å². The number of hydrogen-bond acceptors (Lipinski definition) is 0. The number of fused-ring (bicyclic) bond motifs is 2. The summed E-state index contributed by atoms with van der Waals surface area (Å²) in [4.78, 5) is 0. The van der Waals surface area contributed by atoms with Crippen LogP contribution >= 0.6 is 0 Å². The van der Waals surface area contributed by atoms with E-state index < -0.39 is 8.07 Å². The Bertz CT molecular complexity index is 149. The van der Waals surface area contributed by atoms with Crippen molar-refractivity contribution in [3.8, 4) is 0 Å².